The number of halogens is 1. The normalized spacial score (nSPS) is 19.3. The lowest BCUT2D eigenvalue weighted by Gasteiger charge is -2.20. The second kappa shape index (κ2) is 7.57. The average Bonchev–Trinajstić information content (AvgIpc) is 3.17. The maximum atomic E-state index is 11.0. The number of benzene rings is 1. The van der Waals surface area contributed by atoms with E-state index in [1.807, 2.05) is 37.3 Å². The Hall–Kier alpha value is -1.92. The number of rotatable bonds is 5. The fourth-order valence-electron chi connectivity index (χ4n) is 2.78. The molecule has 0 spiro atoms. The largest absolute Gasteiger partial charge is 0.481 e. The van der Waals surface area contributed by atoms with Crippen LogP contribution in [0.4, 0.5) is 0 Å². The molecule has 7 heteroatoms. The highest BCUT2D eigenvalue weighted by Gasteiger charge is 2.33. The quantitative estimate of drug-likeness (QED) is 0.903. The maximum absolute atomic E-state index is 11.0. The van der Waals surface area contributed by atoms with E-state index in [1.54, 1.807) is 0 Å². The first-order chi connectivity index (χ1) is 10.6. The van der Waals surface area contributed by atoms with Crippen LogP contribution >= 0.6 is 12.4 Å². The first-order valence-electron chi connectivity index (χ1n) is 7.46. The summed E-state index contributed by atoms with van der Waals surface area (Å²) < 4.78 is 5.36. The van der Waals surface area contributed by atoms with Crippen LogP contribution in [0.15, 0.2) is 34.9 Å². The lowest BCUT2D eigenvalue weighted by molar-refractivity contribution is -0.141. The van der Waals surface area contributed by atoms with Gasteiger partial charge >= 0.3 is 5.97 Å². The van der Waals surface area contributed by atoms with Crippen molar-refractivity contribution in [1.29, 1.82) is 0 Å². The molecule has 0 saturated carbocycles. The molecule has 23 heavy (non-hydrogen) atoms. The number of carboxylic acid groups (broad SMARTS) is 1. The molecule has 0 amide bonds. The average molecular weight is 338 g/mol. The molecular weight excluding hydrogens is 318 g/mol. The lowest BCUT2D eigenvalue weighted by atomic mass is 10.1. The van der Waals surface area contributed by atoms with E-state index < -0.39 is 5.97 Å². The van der Waals surface area contributed by atoms with Crippen molar-refractivity contribution < 1.29 is 14.4 Å². The van der Waals surface area contributed by atoms with Gasteiger partial charge in [-0.05, 0) is 25.5 Å². The monoisotopic (exact) mass is 337 g/mol. The van der Waals surface area contributed by atoms with Gasteiger partial charge in [0.1, 0.15) is 0 Å². The molecule has 2 atom stereocenters. The molecule has 1 saturated heterocycles. The minimum atomic E-state index is -0.731. The molecule has 1 aromatic heterocycles. The Bertz CT molecular complexity index is 647. The van der Waals surface area contributed by atoms with Gasteiger partial charge in [0.25, 0.3) is 0 Å². The fourth-order valence-corrected chi connectivity index (χ4v) is 2.78. The Labute approximate surface area is 140 Å². The van der Waals surface area contributed by atoms with E-state index in [0.717, 1.165) is 12.1 Å². The summed E-state index contributed by atoms with van der Waals surface area (Å²) in [6.45, 7) is 3.26. The minimum Gasteiger partial charge on any atom is -0.481 e. The van der Waals surface area contributed by atoms with Gasteiger partial charge in [-0.2, -0.15) is 4.98 Å². The van der Waals surface area contributed by atoms with Crippen molar-refractivity contribution in [3.63, 3.8) is 0 Å². The molecule has 1 aliphatic rings. The van der Waals surface area contributed by atoms with Crippen LogP contribution in [0, 0.1) is 5.92 Å². The molecule has 0 bridgehead atoms. The van der Waals surface area contributed by atoms with Gasteiger partial charge in [0.2, 0.25) is 5.89 Å². The third-order valence-electron chi connectivity index (χ3n) is 4.16. The highest BCUT2D eigenvalue weighted by molar-refractivity contribution is 5.85. The van der Waals surface area contributed by atoms with E-state index in [2.05, 4.69) is 15.0 Å². The summed E-state index contributed by atoms with van der Waals surface area (Å²) >= 11 is 0. The Morgan fingerprint density at radius 3 is 2.83 bits per heavy atom. The number of hydrogen-bond donors (Lipinski definition) is 1. The minimum absolute atomic E-state index is 0. The Balaban J connectivity index is 0.00000192. The zero-order valence-electron chi connectivity index (χ0n) is 12.9. The van der Waals surface area contributed by atoms with Crippen LogP contribution in [0.5, 0.6) is 0 Å². The summed E-state index contributed by atoms with van der Waals surface area (Å²) in [4.78, 5) is 17.6. The van der Waals surface area contributed by atoms with Crippen LogP contribution in [0.1, 0.15) is 36.7 Å². The number of aliphatic carboxylic acids is 1. The Morgan fingerprint density at radius 2 is 2.17 bits per heavy atom. The molecule has 1 N–H and O–H groups in total. The van der Waals surface area contributed by atoms with E-state index in [1.165, 1.54) is 0 Å². The number of carbonyl (C=O) groups is 1. The highest BCUT2D eigenvalue weighted by Crippen LogP contribution is 2.26. The summed E-state index contributed by atoms with van der Waals surface area (Å²) in [5, 5.41) is 13.1. The van der Waals surface area contributed by atoms with Gasteiger partial charge in [-0.15, -0.1) is 12.4 Å². The predicted octanol–water partition coefficient (Wildman–Crippen LogP) is 2.55. The van der Waals surface area contributed by atoms with Crippen molar-refractivity contribution in [2.24, 2.45) is 5.92 Å². The number of hydrogen-bond acceptors (Lipinski definition) is 5. The Kier molecular flexibility index (Phi) is 5.74. The third-order valence-corrected chi connectivity index (χ3v) is 4.16. The maximum Gasteiger partial charge on any atom is 0.307 e. The molecule has 2 heterocycles. The van der Waals surface area contributed by atoms with Crippen LogP contribution in [-0.2, 0) is 11.2 Å². The van der Waals surface area contributed by atoms with Crippen molar-refractivity contribution in [2.75, 3.05) is 13.1 Å². The first-order valence-corrected chi connectivity index (χ1v) is 7.46. The SMILES string of the molecule is CC(c1nc(Cc2ccccc2)no1)N1CCC(C(=O)O)C1.Cl. The predicted molar refractivity (Wildman–Crippen MR) is 86.5 cm³/mol. The Morgan fingerprint density at radius 1 is 1.43 bits per heavy atom. The van der Waals surface area contributed by atoms with Crippen LogP contribution < -0.4 is 0 Å². The van der Waals surface area contributed by atoms with E-state index in [0.29, 0.717) is 31.1 Å². The van der Waals surface area contributed by atoms with Crippen LogP contribution in [0.25, 0.3) is 0 Å². The number of nitrogens with zero attached hydrogens (tertiary/aromatic N) is 3. The summed E-state index contributed by atoms with van der Waals surface area (Å²) in [5.41, 5.74) is 1.13. The number of likely N-dealkylation sites (tertiary alicyclic amines) is 1. The van der Waals surface area contributed by atoms with Crippen LogP contribution in [0.2, 0.25) is 0 Å². The summed E-state index contributed by atoms with van der Waals surface area (Å²) in [6, 6.07) is 9.93. The van der Waals surface area contributed by atoms with Gasteiger partial charge in [-0.25, -0.2) is 0 Å². The van der Waals surface area contributed by atoms with Crippen molar-refractivity contribution >= 4 is 18.4 Å². The van der Waals surface area contributed by atoms with Gasteiger partial charge in [-0.1, -0.05) is 35.5 Å². The lowest BCUT2D eigenvalue weighted by Crippen LogP contribution is -2.26. The fraction of sp³-hybridized carbons (Fsp3) is 0.438. The third kappa shape index (κ3) is 4.09. The number of carboxylic acids is 1. The molecule has 1 fully saturated rings. The number of aromatic nitrogens is 2. The van der Waals surface area contributed by atoms with Gasteiger partial charge in [-0.3, -0.25) is 9.69 Å². The van der Waals surface area contributed by atoms with E-state index in [-0.39, 0.29) is 24.4 Å². The van der Waals surface area contributed by atoms with Crippen LogP contribution in [-0.4, -0.2) is 39.2 Å². The molecule has 6 nitrogen and oxygen atoms in total. The first kappa shape index (κ1) is 17.4. The zero-order valence-corrected chi connectivity index (χ0v) is 13.7. The molecule has 1 aromatic carbocycles. The molecule has 2 aromatic rings. The molecule has 3 rings (SSSR count). The zero-order chi connectivity index (χ0) is 15.5. The van der Waals surface area contributed by atoms with E-state index in [4.69, 9.17) is 9.63 Å². The van der Waals surface area contributed by atoms with Gasteiger partial charge in [0, 0.05) is 13.0 Å². The molecule has 0 radical (unpaired) electrons. The van der Waals surface area contributed by atoms with Gasteiger partial charge in [0.05, 0.1) is 12.0 Å². The van der Waals surface area contributed by atoms with Crippen molar-refractivity contribution in [2.45, 2.75) is 25.8 Å². The highest BCUT2D eigenvalue weighted by atomic mass is 35.5. The van der Waals surface area contributed by atoms with Crippen molar-refractivity contribution in [3.8, 4) is 0 Å². The van der Waals surface area contributed by atoms with Crippen molar-refractivity contribution in [1.82, 2.24) is 15.0 Å². The molecule has 124 valence electrons. The topological polar surface area (TPSA) is 79.5 Å². The van der Waals surface area contributed by atoms with E-state index in [9.17, 15) is 4.79 Å². The molecular formula is C16H20ClN3O3. The van der Waals surface area contributed by atoms with Gasteiger partial charge in [0.15, 0.2) is 5.82 Å². The van der Waals surface area contributed by atoms with Gasteiger partial charge < -0.3 is 9.63 Å². The smallest absolute Gasteiger partial charge is 0.307 e. The second-order valence-electron chi connectivity index (χ2n) is 5.71. The van der Waals surface area contributed by atoms with E-state index >= 15 is 0 Å². The molecule has 0 aliphatic carbocycles. The second-order valence-corrected chi connectivity index (χ2v) is 5.71. The molecule has 1 aliphatic heterocycles. The summed E-state index contributed by atoms with van der Waals surface area (Å²) in [5.74, 6) is 0.179. The van der Waals surface area contributed by atoms with Crippen molar-refractivity contribution in [3.05, 3.63) is 47.6 Å². The van der Waals surface area contributed by atoms with Crippen LogP contribution in [0.3, 0.4) is 0 Å². The molecule has 2 unspecified atom stereocenters. The standard InChI is InChI=1S/C16H19N3O3.ClH/c1-11(19-8-7-13(10-19)16(20)21)15-17-14(18-22-15)9-12-5-3-2-4-6-12;/h2-6,11,13H,7-10H2,1H3,(H,20,21);1H. The summed E-state index contributed by atoms with van der Waals surface area (Å²) in [7, 11) is 0. The summed E-state index contributed by atoms with van der Waals surface area (Å²) in [6.07, 6.45) is 1.31.